The van der Waals surface area contributed by atoms with Crippen molar-refractivity contribution in [2.45, 2.75) is 26.4 Å². The summed E-state index contributed by atoms with van der Waals surface area (Å²) in [5.41, 5.74) is 5.56. The van der Waals surface area contributed by atoms with Crippen LogP contribution in [0, 0.1) is 6.92 Å². The molecule has 0 atom stereocenters. The van der Waals surface area contributed by atoms with Gasteiger partial charge in [-0.05, 0) is 69.3 Å². The number of aromatic nitrogens is 1. The number of nitrogens with one attached hydrogen (secondary N) is 1. The molecule has 0 amide bonds. The summed E-state index contributed by atoms with van der Waals surface area (Å²) in [5, 5.41) is 4.56. The standard InChI is InChI=1S/C23H25N3O2/c1-16-12-22(25-18-6-4-17(14-27)5-7-18)20-13-19(8-9-21(20)24-16)26-10-11-28-23(2,3)15-26/h4-9,12-14H,10-11,15H2,1-3H3,(H,24,25). The van der Waals surface area contributed by atoms with Gasteiger partial charge in [-0.1, -0.05) is 0 Å². The molecule has 2 aromatic carbocycles. The molecular formula is C23H25N3O2. The van der Waals surface area contributed by atoms with Crippen molar-refractivity contribution >= 4 is 34.3 Å². The second-order valence-corrected chi connectivity index (χ2v) is 7.91. The van der Waals surface area contributed by atoms with Gasteiger partial charge in [0.15, 0.2) is 0 Å². The van der Waals surface area contributed by atoms with Crippen LogP contribution in [-0.4, -0.2) is 36.6 Å². The Morgan fingerprint density at radius 1 is 1.14 bits per heavy atom. The van der Waals surface area contributed by atoms with Gasteiger partial charge >= 0.3 is 0 Å². The molecule has 1 N–H and O–H groups in total. The molecule has 5 nitrogen and oxygen atoms in total. The summed E-state index contributed by atoms with van der Waals surface area (Å²) in [6, 6.07) is 15.9. The highest BCUT2D eigenvalue weighted by atomic mass is 16.5. The van der Waals surface area contributed by atoms with Crippen molar-refractivity contribution < 1.29 is 9.53 Å². The summed E-state index contributed by atoms with van der Waals surface area (Å²) in [5.74, 6) is 0. The highest BCUT2D eigenvalue weighted by molar-refractivity contribution is 5.95. The van der Waals surface area contributed by atoms with Crippen molar-refractivity contribution in [1.82, 2.24) is 4.98 Å². The van der Waals surface area contributed by atoms with Crippen LogP contribution in [0.25, 0.3) is 10.9 Å². The van der Waals surface area contributed by atoms with Crippen molar-refractivity contribution in [2.75, 3.05) is 29.9 Å². The van der Waals surface area contributed by atoms with E-state index in [0.717, 1.165) is 54.0 Å². The van der Waals surface area contributed by atoms with Crippen molar-refractivity contribution in [2.24, 2.45) is 0 Å². The van der Waals surface area contributed by atoms with E-state index in [2.05, 4.69) is 48.3 Å². The van der Waals surface area contributed by atoms with Crippen LogP contribution < -0.4 is 10.2 Å². The number of aryl methyl sites for hydroxylation is 1. The quantitative estimate of drug-likeness (QED) is 0.669. The first-order valence-corrected chi connectivity index (χ1v) is 9.56. The van der Waals surface area contributed by atoms with Crippen molar-refractivity contribution in [3.05, 3.63) is 59.8 Å². The first-order valence-electron chi connectivity index (χ1n) is 9.56. The molecule has 2 heterocycles. The third-order valence-electron chi connectivity index (χ3n) is 5.04. The summed E-state index contributed by atoms with van der Waals surface area (Å²) in [6.45, 7) is 8.71. The van der Waals surface area contributed by atoms with Crippen LogP contribution in [0.3, 0.4) is 0 Å². The minimum absolute atomic E-state index is 0.153. The van der Waals surface area contributed by atoms with Crippen molar-refractivity contribution in [1.29, 1.82) is 0 Å². The monoisotopic (exact) mass is 375 g/mol. The first kappa shape index (κ1) is 18.4. The number of anilines is 3. The van der Waals surface area contributed by atoms with Crippen LogP contribution in [0.15, 0.2) is 48.5 Å². The third-order valence-corrected chi connectivity index (χ3v) is 5.04. The van der Waals surface area contributed by atoms with E-state index in [1.165, 1.54) is 5.69 Å². The third kappa shape index (κ3) is 3.85. The Labute approximate surface area is 165 Å². The van der Waals surface area contributed by atoms with Gasteiger partial charge in [-0.15, -0.1) is 0 Å². The van der Waals surface area contributed by atoms with Gasteiger partial charge in [-0.25, -0.2) is 0 Å². The Hall–Kier alpha value is -2.92. The number of hydrogen-bond acceptors (Lipinski definition) is 5. The second kappa shape index (κ2) is 7.24. The molecule has 1 aliphatic rings. The zero-order chi connectivity index (χ0) is 19.7. The second-order valence-electron chi connectivity index (χ2n) is 7.91. The summed E-state index contributed by atoms with van der Waals surface area (Å²) in [6.07, 6.45) is 0.853. The van der Waals surface area contributed by atoms with E-state index in [-0.39, 0.29) is 5.60 Å². The molecule has 1 aromatic heterocycles. The van der Waals surface area contributed by atoms with E-state index < -0.39 is 0 Å². The highest BCUT2D eigenvalue weighted by Crippen LogP contribution is 2.31. The lowest BCUT2D eigenvalue weighted by molar-refractivity contribution is -0.0276. The molecule has 0 bridgehead atoms. The molecule has 1 fully saturated rings. The number of nitrogens with zero attached hydrogens (tertiary/aromatic N) is 2. The van der Waals surface area contributed by atoms with E-state index in [1.54, 1.807) is 0 Å². The van der Waals surface area contributed by atoms with Gasteiger partial charge in [0.05, 0.1) is 17.7 Å². The molecular weight excluding hydrogens is 350 g/mol. The molecule has 0 radical (unpaired) electrons. The normalized spacial score (nSPS) is 16.2. The minimum Gasteiger partial charge on any atom is -0.372 e. The maximum atomic E-state index is 10.9. The lowest BCUT2D eigenvalue weighted by Crippen LogP contribution is -2.48. The van der Waals surface area contributed by atoms with Crippen molar-refractivity contribution in [3.8, 4) is 0 Å². The van der Waals surface area contributed by atoms with E-state index in [4.69, 9.17) is 9.72 Å². The number of fused-ring (bicyclic) bond motifs is 1. The van der Waals surface area contributed by atoms with Gasteiger partial charge in [0.1, 0.15) is 6.29 Å². The number of carbonyl (C=O) groups is 1. The number of pyridine rings is 1. The first-order chi connectivity index (χ1) is 13.4. The van der Waals surface area contributed by atoms with Crippen LogP contribution >= 0.6 is 0 Å². The predicted octanol–water partition coefficient (Wildman–Crippen LogP) is 4.71. The molecule has 28 heavy (non-hydrogen) atoms. The van der Waals surface area contributed by atoms with Gasteiger partial charge in [0.2, 0.25) is 0 Å². The summed E-state index contributed by atoms with van der Waals surface area (Å²) in [7, 11) is 0. The zero-order valence-corrected chi connectivity index (χ0v) is 16.5. The smallest absolute Gasteiger partial charge is 0.150 e. The van der Waals surface area contributed by atoms with Crippen LogP contribution in [-0.2, 0) is 4.74 Å². The number of hydrogen-bond donors (Lipinski definition) is 1. The van der Waals surface area contributed by atoms with Gasteiger partial charge < -0.3 is 15.0 Å². The van der Waals surface area contributed by atoms with E-state index in [9.17, 15) is 4.79 Å². The fraction of sp³-hybridized carbons (Fsp3) is 0.304. The number of rotatable bonds is 4. The Bertz CT molecular complexity index is 1010. The van der Waals surface area contributed by atoms with Gasteiger partial charge in [-0.2, -0.15) is 0 Å². The summed E-state index contributed by atoms with van der Waals surface area (Å²) >= 11 is 0. The van der Waals surface area contributed by atoms with Crippen LogP contribution in [0.1, 0.15) is 29.9 Å². The number of benzene rings is 2. The number of morpholine rings is 1. The molecule has 1 saturated heterocycles. The van der Waals surface area contributed by atoms with E-state index in [1.807, 2.05) is 31.2 Å². The zero-order valence-electron chi connectivity index (χ0n) is 16.5. The van der Waals surface area contributed by atoms with Gasteiger partial charge in [-0.3, -0.25) is 9.78 Å². The number of carbonyl (C=O) groups excluding carboxylic acids is 1. The fourth-order valence-electron chi connectivity index (χ4n) is 3.68. The largest absolute Gasteiger partial charge is 0.372 e. The van der Waals surface area contributed by atoms with E-state index in [0.29, 0.717) is 5.56 Å². The number of ether oxygens (including phenoxy) is 1. The predicted molar refractivity (Wildman–Crippen MR) is 114 cm³/mol. The fourth-order valence-corrected chi connectivity index (χ4v) is 3.68. The van der Waals surface area contributed by atoms with Crippen LogP contribution in [0.2, 0.25) is 0 Å². The van der Waals surface area contributed by atoms with E-state index >= 15 is 0 Å². The molecule has 4 rings (SSSR count). The molecule has 144 valence electrons. The Kier molecular flexibility index (Phi) is 4.77. The molecule has 0 unspecified atom stereocenters. The summed E-state index contributed by atoms with van der Waals surface area (Å²) < 4.78 is 5.85. The average Bonchev–Trinajstić information content (AvgIpc) is 2.67. The highest BCUT2D eigenvalue weighted by Gasteiger charge is 2.27. The Morgan fingerprint density at radius 3 is 2.64 bits per heavy atom. The molecule has 3 aromatic rings. The molecule has 0 spiro atoms. The molecule has 0 aliphatic carbocycles. The molecule has 5 heteroatoms. The van der Waals surface area contributed by atoms with Crippen molar-refractivity contribution in [3.63, 3.8) is 0 Å². The number of aldehydes is 1. The lowest BCUT2D eigenvalue weighted by Gasteiger charge is -2.39. The lowest BCUT2D eigenvalue weighted by atomic mass is 10.1. The maximum Gasteiger partial charge on any atom is 0.150 e. The summed E-state index contributed by atoms with van der Waals surface area (Å²) in [4.78, 5) is 17.9. The van der Waals surface area contributed by atoms with Gasteiger partial charge in [0, 0.05) is 46.8 Å². The SMILES string of the molecule is Cc1cc(Nc2ccc(C=O)cc2)c2cc(N3CCOC(C)(C)C3)ccc2n1. The molecule has 0 saturated carbocycles. The van der Waals surface area contributed by atoms with Crippen LogP contribution in [0.4, 0.5) is 17.1 Å². The maximum absolute atomic E-state index is 10.9. The minimum atomic E-state index is -0.153. The van der Waals surface area contributed by atoms with Gasteiger partial charge in [0.25, 0.3) is 0 Å². The Morgan fingerprint density at radius 2 is 1.93 bits per heavy atom. The van der Waals surface area contributed by atoms with Crippen LogP contribution in [0.5, 0.6) is 0 Å². The molecule has 1 aliphatic heterocycles. The Balaban J connectivity index is 1.71. The topological polar surface area (TPSA) is 54.5 Å². The average molecular weight is 375 g/mol.